The molecule has 4 nitrogen and oxygen atoms in total. The molecule has 0 aliphatic heterocycles. The van der Waals surface area contributed by atoms with E-state index in [9.17, 15) is 4.79 Å². The lowest BCUT2D eigenvalue weighted by Gasteiger charge is -2.13. The molecule has 1 unspecified atom stereocenters. The average Bonchev–Trinajstić information content (AvgIpc) is 2.84. The standard InChI is InChI=1S/C13H17N3OS/c1-3-16-7-6-14-12(13(16)17)15-10(2)9-11-5-4-8-18-11/h4-8,10H,3,9H2,1-2H3,(H,14,15). The molecule has 5 heteroatoms. The van der Waals surface area contributed by atoms with Crippen LogP contribution < -0.4 is 10.9 Å². The summed E-state index contributed by atoms with van der Waals surface area (Å²) in [6, 6.07) is 4.33. The number of aromatic nitrogens is 2. The second-order valence-corrected chi connectivity index (χ2v) is 5.23. The van der Waals surface area contributed by atoms with E-state index in [1.165, 1.54) is 4.88 Å². The lowest BCUT2D eigenvalue weighted by molar-refractivity contribution is 0.710. The van der Waals surface area contributed by atoms with E-state index in [1.54, 1.807) is 28.3 Å². The highest BCUT2D eigenvalue weighted by molar-refractivity contribution is 7.09. The molecule has 0 saturated carbocycles. The van der Waals surface area contributed by atoms with Gasteiger partial charge in [-0.3, -0.25) is 4.79 Å². The molecule has 1 atom stereocenters. The summed E-state index contributed by atoms with van der Waals surface area (Å²) >= 11 is 1.73. The van der Waals surface area contributed by atoms with Gasteiger partial charge >= 0.3 is 0 Å². The van der Waals surface area contributed by atoms with Crippen molar-refractivity contribution in [3.8, 4) is 0 Å². The Bertz CT molecular complexity index is 548. The second kappa shape index (κ2) is 5.82. The first kappa shape index (κ1) is 12.8. The summed E-state index contributed by atoms with van der Waals surface area (Å²) in [5.74, 6) is 0.434. The highest BCUT2D eigenvalue weighted by Crippen LogP contribution is 2.12. The number of nitrogens with one attached hydrogen (secondary N) is 1. The fraction of sp³-hybridized carbons (Fsp3) is 0.385. The largest absolute Gasteiger partial charge is 0.363 e. The van der Waals surface area contributed by atoms with Crippen LogP contribution in [-0.2, 0) is 13.0 Å². The molecule has 0 aliphatic carbocycles. The van der Waals surface area contributed by atoms with Gasteiger partial charge in [0.15, 0.2) is 5.82 Å². The fourth-order valence-corrected chi connectivity index (χ4v) is 2.65. The Morgan fingerprint density at radius 1 is 1.56 bits per heavy atom. The number of aryl methyl sites for hydroxylation is 1. The maximum absolute atomic E-state index is 12.0. The van der Waals surface area contributed by atoms with E-state index in [2.05, 4.69) is 28.7 Å². The van der Waals surface area contributed by atoms with Crippen molar-refractivity contribution in [2.75, 3.05) is 5.32 Å². The molecule has 0 aliphatic rings. The van der Waals surface area contributed by atoms with Gasteiger partial charge in [0.1, 0.15) is 0 Å². The number of nitrogens with zero attached hydrogens (tertiary/aromatic N) is 2. The van der Waals surface area contributed by atoms with Crippen molar-refractivity contribution in [3.05, 3.63) is 45.1 Å². The van der Waals surface area contributed by atoms with Crippen LogP contribution in [0.25, 0.3) is 0 Å². The number of hydrogen-bond acceptors (Lipinski definition) is 4. The van der Waals surface area contributed by atoms with Crippen molar-refractivity contribution in [2.45, 2.75) is 32.9 Å². The summed E-state index contributed by atoms with van der Waals surface area (Å²) in [4.78, 5) is 17.4. The molecular formula is C13H17N3OS. The van der Waals surface area contributed by atoms with Crippen LogP contribution in [0.1, 0.15) is 18.7 Å². The molecule has 2 aromatic rings. The van der Waals surface area contributed by atoms with Crippen LogP contribution in [0.2, 0.25) is 0 Å². The Kier molecular flexibility index (Phi) is 4.15. The lowest BCUT2D eigenvalue weighted by Crippen LogP contribution is -2.28. The first-order valence-corrected chi connectivity index (χ1v) is 6.93. The predicted molar refractivity (Wildman–Crippen MR) is 75.3 cm³/mol. The van der Waals surface area contributed by atoms with Crippen LogP contribution in [0.5, 0.6) is 0 Å². The molecule has 18 heavy (non-hydrogen) atoms. The highest BCUT2D eigenvalue weighted by atomic mass is 32.1. The minimum absolute atomic E-state index is 0.0574. The predicted octanol–water partition coefficient (Wildman–Crippen LogP) is 2.37. The molecule has 0 radical (unpaired) electrons. The van der Waals surface area contributed by atoms with Crippen LogP contribution in [-0.4, -0.2) is 15.6 Å². The topological polar surface area (TPSA) is 46.9 Å². The molecule has 0 bridgehead atoms. The van der Waals surface area contributed by atoms with Crippen molar-refractivity contribution in [1.82, 2.24) is 9.55 Å². The van der Waals surface area contributed by atoms with Gasteiger partial charge in [-0.05, 0) is 25.3 Å². The first-order valence-electron chi connectivity index (χ1n) is 6.05. The van der Waals surface area contributed by atoms with E-state index in [1.807, 2.05) is 13.0 Å². The summed E-state index contributed by atoms with van der Waals surface area (Å²) in [5, 5.41) is 5.25. The highest BCUT2D eigenvalue weighted by Gasteiger charge is 2.09. The minimum atomic E-state index is -0.0574. The minimum Gasteiger partial charge on any atom is -0.363 e. The fourth-order valence-electron chi connectivity index (χ4n) is 1.81. The Morgan fingerprint density at radius 2 is 2.39 bits per heavy atom. The third-order valence-electron chi connectivity index (χ3n) is 2.72. The van der Waals surface area contributed by atoms with E-state index in [0.717, 1.165) is 6.42 Å². The smallest absolute Gasteiger partial charge is 0.293 e. The summed E-state index contributed by atoms with van der Waals surface area (Å²) in [6.45, 7) is 4.67. The number of rotatable bonds is 5. The van der Waals surface area contributed by atoms with Crippen LogP contribution in [0.3, 0.4) is 0 Å². The lowest BCUT2D eigenvalue weighted by atomic mass is 10.2. The maximum Gasteiger partial charge on any atom is 0.293 e. The Labute approximate surface area is 110 Å². The van der Waals surface area contributed by atoms with Gasteiger partial charge < -0.3 is 9.88 Å². The van der Waals surface area contributed by atoms with Crippen LogP contribution >= 0.6 is 11.3 Å². The van der Waals surface area contributed by atoms with Gasteiger partial charge in [0.05, 0.1) is 0 Å². The van der Waals surface area contributed by atoms with Crippen molar-refractivity contribution >= 4 is 17.2 Å². The van der Waals surface area contributed by atoms with Gasteiger partial charge in [-0.2, -0.15) is 0 Å². The van der Waals surface area contributed by atoms with Crippen molar-refractivity contribution in [2.24, 2.45) is 0 Å². The van der Waals surface area contributed by atoms with Gasteiger partial charge in [-0.25, -0.2) is 4.98 Å². The molecule has 0 fully saturated rings. The molecule has 96 valence electrons. The van der Waals surface area contributed by atoms with Gasteiger partial charge in [0.2, 0.25) is 0 Å². The molecule has 1 N–H and O–H groups in total. The maximum atomic E-state index is 12.0. The van der Waals surface area contributed by atoms with Crippen LogP contribution in [0, 0.1) is 0 Å². The van der Waals surface area contributed by atoms with E-state index in [4.69, 9.17) is 0 Å². The van der Waals surface area contributed by atoms with Crippen LogP contribution in [0.15, 0.2) is 34.7 Å². The quantitative estimate of drug-likeness (QED) is 0.901. The molecule has 2 heterocycles. The monoisotopic (exact) mass is 263 g/mol. The van der Waals surface area contributed by atoms with Gasteiger partial charge in [-0.15, -0.1) is 11.3 Å². The zero-order valence-electron chi connectivity index (χ0n) is 10.6. The Morgan fingerprint density at radius 3 is 3.06 bits per heavy atom. The third-order valence-corrected chi connectivity index (χ3v) is 3.62. The zero-order chi connectivity index (χ0) is 13.0. The summed E-state index contributed by atoms with van der Waals surface area (Å²) in [5.41, 5.74) is -0.0574. The second-order valence-electron chi connectivity index (χ2n) is 4.20. The number of thiophene rings is 1. The average molecular weight is 263 g/mol. The summed E-state index contributed by atoms with van der Waals surface area (Å²) in [6.07, 6.45) is 4.27. The summed E-state index contributed by atoms with van der Waals surface area (Å²) in [7, 11) is 0. The normalized spacial score (nSPS) is 12.3. The van der Waals surface area contributed by atoms with Gasteiger partial charge in [0, 0.05) is 36.3 Å². The molecule has 0 aromatic carbocycles. The summed E-state index contributed by atoms with van der Waals surface area (Å²) < 4.78 is 1.65. The molecule has 0 saturated heterocycles. The molecule has 0 amide bonds. The Balaban J connectivity index is 2.07. The molecule has 2 rings (SSSR count). The van der Waals surface area contributed by atoms with E-state index in [-0.39, 0.29) is 11.6 Å². The molecule has 2 aromatic heterocycles. The SMILES string of the molecule is CCn1ccnc(NC(C)Cc2cccs2)c1=O. The van der Waals surface area contributed by atoms with E-state index in [0.29, 0.717) is 12.4 Å². The third kappa shape index (κ3) is 2.98. The van der Waals surface area contributed by atoms with Gasteiger partial charge in [0.25, 0.3) is 5.56 Å². The number of hydrogen-bond donors (Lipinski definition) is 1. The van der Waals surface area contributed by atoms with E-state index < -0.39 is 0 Å². The molecule has 0 spiro atoms. The van der Waals surface area contributed by atoms with Crippen molar-refractivity contribution < 1.29 is 0 Å². The first-order chi connectivity index (χ1) is 8.70. The van der Waals surface area contributed by atoms with Gasteiger partial charge in [-0.1, -0.05) is 6.07 Å². The number of anilines is 1. The van der Waals surface area contributed by atoms with Crippen molar-refractivity contribution in [3.63, 3.8) is 0 Å². The zero-order valence-corrected chi connectivity index (χ0v) is 11.4. The van der Waals surface area contributed by atoms with Crippen LogP contribution in [0.4, 0.5) is 5.82 Å². The van der Waals surface area contributed by atoms with E-state index >= 15 is 0 Å². The molecular weight excluding hydrogens is 246 g/mol. The Hall–Kier alpha value is -1.62. The van der Waals surface area contributed by atoms with Crippen molar-refractivity contribution in [1.29, 1.82) is 0 Å².